The lowest BCUT2D eigenvalue weighted by Gasteiger charge is -2.12. The Kier molecular flexibility index (Phi) is 5.91. The van der Waals surface area contributed by atoms with Gasteiger partial charge in [-0.15, -0.1) is 0 Å². The summed E-state index contributed by atoms with van der Waals surface area (Å²) in [4.78, 5) is 16.7. The van der Waals surface area contributed by atoms with Crippen molar-refractivity contribution in [3.05, 3.63) is 83.4 Å². The van der Waals surface area contributed by atoms with Crippen molar-refractivity contribution >= 4 is 11.7 Å². The molecule has 0 aliphatic rings. The van der Waals surface area contributed by atoms with E-state index in [9.17, 15) is 4.79 Å². The summed E-state index contributed by atoms with van der Waals surface area (Å²) in [5, 5.41) is 5.83. The molecule has 2 N–H and O–H groups in total. The molecule has 27 heavy (non-hydrogen) atoms. The number of urea groups is 1. The quantitative estimate of drug-likeness (QED) is 0.668. The number of imidazole rings is 1. The Morgan fingerprint density at radius 3 is 2.74 bits per heavy atom. The van der Waals surface area contributed by atoms with E-state index in [1.54, 1.807) is 0 Å². The lowest BCUT2D eigenvalue weighted by molar-refractivity contribution is 0.251. The average molecular weight is 362 g/mol. The van der Waals surface area contributed by atoms with Crippen molar-refractivity contribution in [1.82, 2.24) is 14.9 Å². The molecule has 5 heteroatoms. The Labute approximate surface area is 160 Å². The molecule has 5 nitrogen and oxygen atoms in total. The van der Waals surface area contributed by atoms with Gasteiger partial charge >= 0.3 is 6.03 Å². The molecule has 0 unspecified atom stereocenters. The van der Waals surface area contributed by atoms with Gasteiger partial charge in [0.15, 0.2) is 0 Å². The second-order valence-electron chi connectivity index (χ2n) is 7.00. The van der Waals surface area contributed by atoms with E-state index in [1.165, 1.54) is 5.56 Å². The van der Waals surface area contributed by atoms with Crippen LogP contribution < -0.4 is 10.6 Å². The number of amides is 2. The summed E-state index contributed by atoms with van der Waals surface area (Å²) in [5.41, 5.74) is 4.18. The van der Waals surface area contributed by atoms with Crippen LogP contribution in [-0.2, 0) is 13.1 Å². The first-order valence-corrected chi connectivity index (χ1v) is 9.22. The van der Waals surface area contributed by atoms with Gasteiger partial charge in [0.25, 0.3) is 0 Å². The molecule has 0 fully saturated rings. The topological polar surface area (TPSA) is 59.0 Å². The molecule has 3 rings (SSSR count). The zero-order valence-corrected chi connectivity index (χ0v) is 16.1. The molecule has 1 heterocycles. The number of benzene rings is 2. The zero-order valence-electron chi connectivity index (χ0n) is 16.1. The second-order valence-corrected chi connectivity index (χ2v) is 7.00. The van der Waals surface area contributed by atoms with E-state index < -0.39 is 0 Å². The third-order valence-electron chi connectivity index (χ3n) is 4.50. The first-order valence-electron chi connectivity index (χ1n) is 9.22. The molecule has 0 atom stereocenters. The van der Waals surface area contributed by atoms with Crippen molar-refractivity contribution in [1.29, 1.82) is 0 Å². The minimum Gasteiger partial charge on any atom is -0.334 e. The van der Waals surface area contributed by atoms with E-state index in [0.29, 0.717) is 12.5 Å². The van der Waals surface area contributed by atoms with Gasteiger partial charge in [0.05, 0.1) is 0 Å². The molecule has 0 bridgehead atoms. The monoisotopic (exact) mass is 362 g/mol. The van der Waals surface area contributed by atoms with Gasteiger partial charge in [-0.05, 0) is 35.7 Å². The largest absolute Gasteiger partial charge is 0.334 e. The lowest BCUT2D eigenvalue weighted by atomic mass is 10.1. The van der Waals surface area contributed by atoms with Crippen LogP contribution in [0.4, 0.5) is 10.5 Å². The normalized spacial score (nSPS) is 10.8. The molecule has 0 spiro atoms. The van der Waals surface area contributed by atoms with Crippen LogP contribution >= 0.6 is 0 Å². The van der Waals surface area contributed by atoms with Crippen LogP contribution in [0.15, 0.2) is 60.9 Å². The first-order chi connectivity index (χ1) is 13.0. The van der Waals surface area contributed by atoms with Crippen LogP contribution in [0.2, 0.25) is 0 Å². The van der Waals surface area contributed by atoms with E-state index in [4.69, 9.17) is 0 Å². The number of aromatic nitrogens is 2. The van der Waals surface area contributed by atoms with E-state index >= 15 is 0 Å². The molecule has 0 radical (unpaired) electrons. The maximum absolute atomic E-state index is 12.2. The maximum Gasteiger partial charge on any atom is 0.319 e. The summed E-state index contributed by atoms with van der Waals surface area (Å²) in [6.07, 6.45) is 3.82. The standard InChI is InChI=1S/C22H26N4O/c1-16(2)21-23-11-12-26(21)15-18-8-6-10-20(13-18)25-22(27)24-14-19-9-5-4-7-17(19)3/h4-13,16H,14-15H2,1-3H3,(H2,24,25,27). The van der Waals surface area contributed by atoms with E-state index in [2.05, 4.69) is 40.1 Å². The van der Waals surface area contributed by atoms with Gasteiger partial charge in [-0.3, -0.25) is 0 Å². The summed E-state index contributed by atoms with van der Waals surface area (Å²) < 4.78 is 2.14. The van der Waals surface area contributed by atoms with E-state index in [1.807, 2.05) is 61.8 Å². The number of carbonyl (C=O) groups excluding carboxylic acids is 1. The number of anilines is 1. The molecule has 0 aliphatic heterocycles. The van der Waals surface area contributed by atoms with E-state index in [0.717, 1.165) is 29.2 Å². The molecule has 0 saturated heterocycles. The Morgan fingerprint density at radius 2 is 1.96 bits per heavy atom. The highest BCUT2D eigenvalue weighted by Crippen LogP contribution is 2.16. The van der Waals surface area contributed by atoms with Crippen molar-refractivity contribution in [2.45, 2.75) is 39.8 Å². The summed E-state index contributed by atoms with van der Waals surface area (Å²) >= 11 is 0. The van der Waals surface area contributed by atoms with Crippen LogP contribution in [0.3, 0.4) is 0 Å². The van der Waals surface area contributed by atoms with Gasteiger partial charge in [-0.1, -0.05) is 50.2 Å². The highest BCUT2D eigenvalue weighted by Gasteiger charge is 2.08. The van der Waals surface area contributed by atoms with Gasteiger partial charge in [-0.2, -0.15) is 0 Å². The van der Waals surface area contributed by atoms with Crippen LogP contribution in [0, 0.1) is 6.92 Å². The van der Waals surface area contributed by atoms with Crippen molar-refractivity contribution in [3.63, 3.8) is 0 Å². The highest BCUT2D eigenvalue weighted by molar-refractivity contribution is 5.89. The molecular formula is C22H26N4O. The molecule has 3 aromatic rings. The summed E-state index contributed by atoms with van der Waals surface area (Å²) in [6, 6.07) is 15.7. The smallest absolute Gasteiger partial charge is 0.319 e. The number of carbonyl (C=O) groups is 1. The fraction of sp³-hybridized carbons (Fsp3) is 0.273. The maximum atomic E-state index is 12.2. The molecule has 140 valence electrons. The SMILES string of the molecule is Cc1ccccc1CNC(=O)Nc1cccc(Cn2ccnc2C(C)C)c1. The third-order valence-corrected chi connectivity index (χ3v) is 4.50. The minimum atomic E-state index is -0.207. The van der Waals surface area contributed by atoms with E-state index in [-0.39, 0.29) is 6.03 Å². The van der Waals surface area contributed by atoms with Crippen molar-refractivity contribution in [2.75, 3.05) is 5.32 Å². The number of aryl methyl sites for hydroxylation is 1. The molecule has 1 aromatic heterocycles. The predicted octanol–water partition coefficient (Wildman–Crippen LogP) is 4.68. The van der Waals surface area contributed by atoms with Crippen LogP contribution in [-0.4, -0.2) is 15.6 Å². The summed E-state index contributed by atoms with van der Waals surface area (Å²) in [7, 11) is 0. The van der Waals surface area contributed by atoms with Crippen molar-refractivity contribution < 1.29 is 4.79 Å². The lowest BCUT2D eigenvalue weighted by Crippen LogP contribution is -2.28. The minimum absolute atomic E-state index is 0.207. The van der Waals surface area contributed by atoms with Crippen molar-refractivity contribution in [2.24, 2.45) is 0 Å². The fourth-order valence-electron chi connectivity index (χ4n) is 3.06. The van der Waals surface area contributed by atoms with Gasteiger partial charge in [0, 0.05) is 37.1 Å². The average Bonchev–Trinajstić information content (AvgIpc) is 3.10. The number of nitrogens with one attached hydrogen (secondary N) is 2. The number of hydrogen-bond donors (Lipinski definition) is 2. The molecule has 2 amide bonds. The molecular weight excluding hydrogens is 336 g/mol. The molecule has 0 aliphatic carbocycles. The van der Waals surface area contributed by atoms with Gasteiger partial charge in [0.2, 0.25) is 0 Å². The summed E-state index contributed by atoms with van der Waals surface area (Å²) in [5.74, 6) is 1.43. The Bertz CT molecular complexity index is 914. The first kappa shape index (κ1) is 18.7. The Hall–Kier alpha value is -3.08. The number of nitrogens with zero attached hydrogens (tertiary/aromatic N) is 2. The van der Waals surface area contributed by atoms with Crippen LogP contribution in [0.25, 0.3) is 0 Å². The number of rotatable bonds is 6. The van der Waals surface area contributed by atoms with Gasteiger partial charge < -0.3 is 15.2 Å². The summed E-state index contributed by atoms with van der Waals surface area (Å²) in [6.45, 7) is 7.55. The molecule has 0 saturated carbocycles. The molecule has 2 aromatic carbocycles. The Balaban J connectivity index is 1.61. The second kappa shape index (κ2) is 8.54. The van der Waals surface area contributed by atoms with Gasteiger partial charge in [-0.25, -0.2) is 9.78 Å². The van der Waals surface area contributed by atoms with Gasteiger partial charge in [0.1, 0.15) is 5.82 Å². The van der Waals surface area contributed by atoms with Crippen molar-refractivity contribution in [3.8, 4) is 0 Å². The Morgan fingerprint density at radius 1 is 1.15 bits per heavy atom. The number of hydrogen-bond acceptors (Lipinski definition) is 2. The fourth-order valence-corrected chi connectivity index (χ4v) is 3.06. The zero-order chi connectivity index (χ0) is 19.2. The highest BCUT2D eigenvalue weighted by atomic mass is 16.2. The van der Waals surface area contributed by atoms with Crippen LogP contribution in [0.1, 0.15) is 42.3 Å². The van der Waals surface area contributed by atoms with Crippen LogP contribution in [0.5, 0.6) is 0 Å². The predicted molar refractivity (Wildman–Crippen MR) is 109 cm³/mol. The third kappa shape index (κ3) is 4.97.